The van der Waals surface area contributed by atoms with E-state index in [0.717, 1.165) is 44.5 Å². The third-order valence-corrected chi connectivity index (χ3v) is 10.7. The minimum absolute atomic E-state index is 0.00663. The van der Waals surface area contributed by atoms with Gasteiger partial charge >= 0.3 is 11.8 Å². The van der Waals surface area contributed by atoms with Crippen LogP contribution in [0.5, 0.6) is 0 Å². The molecular formula is C33H37N5O7S. The number of benzene rings is 3. The van der Waals surface area contributed by atoms with E-state index < -0.39 is 28.5 Å². The number of nitrogens with zero attached hydrogens (tertiary/aromatic N) is 5. The first-order valence-corrected chi connectivity index (χ1v) is 16.4. The fourth-order valence-corrected chi connectivity index (χ4v) is 7.70. The van der Waals surface area contributed by atoms with Gasteiger partial charge in [-0.25, -0.2) is 9.48 Å². The predicted molar refractivity (Wildman–Crippen MR) is 174 cm³/mol. The molecule has 0 aliphatic carbocycles. The average molecular weight is 648 g/mol. The number of aryl methyl sites for hydroxylation is 4. The number of aromatic nitrogens is 3. The molecule has 1 aliphatic heterocycles. The van der Waals surface area contributed by atoms with Gasteiger partial charge in [0.2, 0.25) is 0 Å². The Morgan fingerprint density at radius 3 is 2.59 bits per heavy atom. The maximum absolute atomic E-state index is 13.3. The lowest BCUT2D eigenvalue weighted by Gasteiger charge is -2.42. The van der Waals surface area contributed by atoms with Crippen molar-refractivity contribution >= 4 is 33.5 Å². The molecule has 0 amide bonds. The zero-order valence-electron chi connectivity index (χ0n) is 26.4. The van der Waals surface area contributed by atoms with Crippen LogP contribution >= 0.6 is 10.8 Å². The molecule has 5 aromatic rings. The minimum atomic E-state index is -3.27. The van der Waals surface area contributed by atoms with Crippen LogP contribution in [0.1, 0.15) is 51.7 Å². The standard InChI is InChI=1S/C33H37N5O7S/c1-20-10-11-23(16-24(20)18-38-15-14-36(4)27-8-6-7-9-30(27)46(38,41)42)26(17-31(39)43-19-29-22(3)44-33(40)45-29)25-12-13-28-32(21(25)2)34-35-37(28)5/h6-13,16,26,41-42H,14-15,17-19H2,1-5H3. The van der Waals surface area contributed by atoms with E-state index in [2.05, 4.69) is 10.3 Å². The van der Waals surface area contributed by atoms with E-state index in [4.69, 9.17) is 13.6 Å². The normalized spacial score (nSPS) is 16.2. The molecule has 46 heavy (non-hydrogen) atoms. The summed E-state index contributed by atoms with van der Waals surface area (Å²) in [5.41, 5.74) is 6.94. The molecule has 0 saturated carbocycles. The summed E-state index contributed by atoms with van der Waals surface area (Å²) in [6, 6.07) is 17.3. The maximum Gasteiger partial charge on any atom is 0.519 e. The molecule has 12 nitrogen and oxygen atoms in total. The van der Waals surface area contributed by atoms with Crippen LogP contribution in [0, 0.1) is 20.8 Å². The number of para-hydroxylation sites is 1. The molecule has 6 rings (SSSR count). The SMILES string of the molecule is Cc1ccc(C(CC(=O)OCc2oc(=O)oc2C)c2ccc3c(nnn3C)c2C)cc1CN1CCN(C)c2ccccc2S1(O)O. The van der Waals surface area contributed by atoms with Gasteiger partial charge in [0, 0.05) is 39.6 Å². The van der Waals surface area contributed by atoms with Gasteiger partial charge in [0.25, 0.3) is 0 Å². The molecule has 2 N–H and O–H groups in total. The van der Waals surface area contributed by atoms with Gasteiger partial charge < -0.3 is 18.5 Å². The molecule has 0 fully saturated rings. The van der Waals surface area contributed by atoms with Gasteiger partial charge in [-0.05, 0) is 66.8 Å². The van der Waals surface area contributed by atoms with Crippen molar-refractivity contribution in [3.63, 3.8) is 0 Å². The lowest BCUT2D eigenvalue weighted by molar-refractivity contribution is -0.145. The van der Waals surface area contributed by atoms with E-state index in [1.807, 2.05) is 81.4 Å². The number of fused-ring (bicyclic) bond motifs is 2. The van der Waals surface area contributed by atoms with Gasteiger partial charge in [-0.3, -0.25) is 13.9 Å². The van der Waals surface area contributed by atoms with Gasteiger partial charge in [0.15, 0.2) is 18.1 Å². The lowest BCUT2D eigenvalue weighted by atomic mass is 9.84. The highest BCUT2D eigenvalue weighted by Crippen LogP contribution is 2.56. The molecule has 0 spiro atoms. The Bertz CT molecular complexity index is 1980. The van der Waals surface area contributed by atoms with Crippen LogP contribution in [0.4, 0.5) is 5.69 Å². The highest BCUT2D eigenvalue weighted by molar-refractivity contribution is 8.22. The molecule has 3 heterocycles. The zero-order valence-corrected chi connectivity index (χ0v) is 27.2. The largest absolute Gasteiger partial charge is 0.519 e. The number of ether oxygens (including phenoxy) is 1. The minimum Gasteiger partial charge on any atom is -0.457 e. The van der Waals surface area contributed by atoms with Crippen LogP contribution in [0.15, 0.2) is 73.1 Å². The number of hydrogen-bond acceptors (Lipinski definition) is 11. The summed E-state index contributed by atoms with van der Waals surface area (Å²) in [6.07, 6.45) is -0.00663. The van der Waals surface area contributed by atoms with E-state index in [9.17, 15) is 18.7 Å². The second-order valence-corrected chi connectivity index (χ2v) is 13.7. The van der Waals surface area contributed by atoms with Crippen molar-refractivity contribution in [2.24, 2.45) is 7.05 Å². The summed E-state index contributed by atoms with van der Waals surface area (Å²) in [5.74, 6) is -1.34. The molecule has 1 aliphatic rings. The van der Waals surface area contributed by atoms with E-state index in [1.54, 1.807) is 22.0 Å². The lowest BCUT2D eigenvalue weighted by Crippen LogP contribution is -2.31. The first-order chi connectivity index (χ1) is 21.9. The van der Waals surface area contributed by atoms with Crippen LogP contribution in [0.2, 0.25) is 0 Å². The van der Waals surface area contributed by atoms with E-state index in [1.165, 1.54) is 0 Å². The average Bonchev–Trinajstić information content (AvgIpc) is 3.55. The van der Waals surface area contributed by atoms with Gasteiger partial charge in [-0.15, -0.1) is 15.9 Å². The molecule has 0 saturated heterocycles. The fourth-order valence-electron chi connectivity index (χ4n) is 6.00. The Hall–Kier alpha value is -4.43. The summed E-state index contributed by atoms with van der Waals surface area (Å²) in [5, 5.41) is 8.53. The van der Waals surface area contributed by atoms with Gasteiger partial charge in [-0.1, -0.05) is 41.6 Å². The van der Waals surface area contributed by atoms with Crippen molar-refractivity contribution in [1.82, 2.24) is 19.3 Å². The topological polar surface area (TPSA) is 147 Å². The quantitative estimate of drug-likeness (QED) is 0.200. The van der Waals surface area contributed by atoms with Crippen LogP contribution < -0.4 is 10.7 Å². The van der Waals surface area contributed by atoms with E-state index in [-0.39, 0.29) is 24.5 Å². The number of anilines is 1. The van der Waals surface area contributed by atoms with E-state index in [0.29, 0.717) is 24.5 Å². The van der Waals surface area contributed by atoms with Crippen molar-refractivity contribution < 1.29 is 27.5 Å². The molecule has 3 aromatic carbocycles. The molecular weight excluding hydrogens is 610 g/mol. The number of likely N-dealkylation sites (N-methyl/N-ethyl adjacent to an activating group) is 1. The monoisotopic (exact) mass is 647 g/mol. The highest BCUT2D eigenvalue weighted by atomic mass is 32.3. The smallest absolute Gasteiger partial charge is 0.457 e. The number of hydrogen-bond donors (Lipinski definition) is 2. The fraction of sp³-hybridized carbons (Fsp3) is 0.333. The molecule has 242 valence electrons. The maximum atomic E-state index is 13.3. The zero-order chi connectivity index (χ0) is 32.7. The van der Waals surface area contributed by atoms with Crippen LogP contribution in [-0.4, -0.2) is 54.5 Å². The molecule has 1 atom stereocenters. The Balaban J connectivity index is 1.35. The molecule has 13 heteroatoms. The van der Waals surface area contributed by atoms with Crippen molar-refractivity contribution in [1.29, 1.82) is 0 Å². The Morgan fingerprint density at radius 2 is 1.83 bits per heavy atom. The Labute approximate surface area is 267 Å². The van der Waals surface area contributed by atoms with Crippen LogP contribution in [-0.2, 0) is 29.7 Å². The van der Waals surface area contributed by atoms with Crippen molar-refractivity contribution in [3.8, 4) is 0 Å². The summed E-state index contributed by atoms with van der Waals surface area (Å²) < 4.78 is 42.0. The summed E-state index contributed by atoms with van der Waals surface area (Å²) in [6.45, 7) is 6.65. The molecule has 0 bridgehead atoms. The van der Waals surface area contributed by atoms with Gasteiger partial charge in [0.05, 0.1) is 22.5 Å². The van der Waals surface area contributed by atoms with Crippen LogP contribution in [0.25, 0.3) is 11.0 Å². The Morgan fingerprint density at radius 1 is 1.04 bits per heavy atom. The Kier molecular flexibility index (Phi) is 8.51. The highest BCUT2D eigenvalue weighted by Gasteiger charge is 2.32. The number of rotatable bonds is 8. The second kappa shape index (κ2) is 12.4. The second-order valence-electron chi connectivity index (χ2n) is 11.7. The molecule has 2 aromatic heterocycles. The van der Waals surface area contributed by atoms with Gasteiger partial charge in [-0.2, -0.15) is 4.31 Å². The van der Waals surface area contributed by atoms with Crippen molar-refractivity contribution in [2.75, 3.05) is 25.0 Å². The third-order valence-electron chi connectivity index (χ3n) is 8.76. The first kappa shape index (κ1) is 31.5. The van der Waals surface area contributed by atoms with Crippen LogP contribution in [0.3, 0.4) is 0 Å². The molecule has 0 radical (unpaired) electrons. The number of carbonyl (C=O) groups is 1. The summed E-state index contributed by atoms with van der Waals surface area (Å²) in [4.78, 5) is 27.3. The first-order valence-electron chi connectivity index (χ1n) is 14.9. The van der Waals surface area contributed by atoms with Gasteiger partial charge in [0.1, 0.15) is 5.52 Å². The third kappa shape index (κ3) is 5.94. The van der Waals surface area contributed by atoms with Crippen molar-refractivity contribution in [3.05, 3.63) is 105 Å². The summed E-state index contributed by atoms with van der Waals surface area (Å²) >= 11 is 0. The summed E-state index contributed by atoms with van der Waals surface area (Å²) in [7, 11) is 0.504. The number of esters is 1. The van der Waals surface area contributed by atoms with Crippen molar-refractivity contribution in [2.45, 2.75) is 51.2 Å². The number of carbonyl (C=O) groups excluding carboxylic acids is 1. The van der Waals surface area contributed by atoms with E-state index >= 15 is 0 Å². The predicted octanol–water partition coefficient (Wildman–Crippen LogP) is 5.68. The molecule has 1 unspecified atom stereocenters.